The van der Waals surface area contributed by atoms with E-state index < -0.39 is 0 Å². The molecule has 6 heteroatoms. The van der Waals surface area contributed by atoms with Crippen molar-refractivity contribution in [1.82, 2.24) is 15.4 Å². The molecule has 2 aromatic heterocycles. The van der Waals surface area contributed by atoms with Crippen LogP contribution >= 0.6 is 0 Å². The van der Waals surface area contributed by atoms with Crippen molar-refractivity contribution in [2.45, 2.75) is 33.6 Å². The Morgan fingerprint density at radius 3 is 2.89 bits per heavy atom. The molecule has 96 valence electrons. The summed E-state index contributed by atoms with van der Waals surface area (Å²) in [7, 11) is 0. The summed E-state index contributed by atoms with van der Waals surface area (Å²) in [6.07, 6.45) is 3.16. The Morgan fingerprint density at radius 1 is 1.44 bits per heavy atom. The molecule has 1 amide bonds. The zero-order valence-corrected chi connectivity index (χ0v) is 10.7. The van der Waals surface area contributed by atoms with E-state index in [4.69, 9.17) is 4.52 Å². The van der Waals surface area contributed by atoms with Crippen LogP contribution in [0.4, 0.5) is 5.82 Å². The lowest BCUT2D eigenvalue weighted by molar-refractivity contribution is 0.102. The summed E-state index contributed by atoms with van der Waals surface area (Å²) in [4.78, 5) is 12.2. The average Bonchev–Trinajstić information content (AvgIpc) is 2.95. The van der Waals surface area contributed by atoms with Crippen LogP contribution in [0.1, 0.15) is 41.2 Å². The molecule has 2 rings (SSSR count). The summed E-state index contributed by atoms with van der Waals surface area (Å²) < 4.78 is 5.05. The first-order valence-corrected chi connectivity index (χ1v) is 5.96. The fourth-order valence-corrected chi connectivity index (χ4v) is 1.81. The second-order valence-corrected chi connectivity index (χ2v) is 3.99. The molecule has 0 fully saturated rings. The highest BCUT2D eigenvalue weighted by atomic mass is 16.5. The number of aromatic nitrogens is 3. The molecule has 6 nitrogen and oxygen atoms in total. The average molecular weight is 248 g/mol. The summed E-state index contributed by atoms with van der Waals surface area (Å²) in [6.45, 7) is 5.67. The van der Waals surface area contributed by atoms with Gasteiger partial charge in [-0.05, 0) is 19.8 Å². The lowest BCUT2D eigenvalue weighted by Crippen LogP contribution is -2.15. The number of rotatable bonds is 4. The van der Waals surface area contributed by atoms with Gasteiger partial charge in [0.15, 0.2) is 0 Å². The van der Waals surface area contributed by atoms with Gasteiger partial charge in [0.25, 0.3) is 5.91 Å². The van der Waals surface area contributed by atoms with Crippen molar-refractivity contribution in [3.05, 3.63) is 28.8 Å². The van der Waals surface area contributed by atoms with Gasteiger partial charge in [0, 0.05) is 5.56 Å². The van der Waals surface area contributed by atoms with Gasteiger partial charge in [-0.3, -0.25) is 9.89 Å². The third-order valence-corrected chi connectivity index (χ3v) is 2.83. The van der Waals surface area contributed by atoms with E-state index in [0.29, 0.717) is 29.3 Å². The number of nitrogens with one attached hydrogen (secondary N) is 2. The van der Waals surface area contributed by atoms with E-state index in [9.17, 15) is 4.79 Å². The fourth-order valence-electron chi connectivity index (χ4n) is 1.81. The molecule has 0 atom stereocenters. The first-order chi connectivity index (χ1) is 8.67. The number of carbonyl (C=O) groups excluding carboxylic acids is 1. The molecule has 0 aliphatic carbocycles. The van der Waals surface area contributed by atoms with E-state index in [0.717, 1.165) is 12.0 Å². The predicted octanol–water partition coefficient (Wildman–Crippen LogP) is 2.08. The monoisotopic (exact) mass is 248 g/mol. The molecule has 0 saturated carbocycles. The molecule has 2 aromatic rings. The van der Waals surface area contributed by atoms with E-state index in [2.05, 4.69) is 20.7 Å². The maximum absolute atomic E-state index is 12.2. The summed E-state index contributed by atoms with van der Waals surface area (Å²) >= 11 is 0. The molecular formula is C12H16N4O2. The van der Waals surface area contributed by atoms with E-state index in [-0.39, 0.29) is 5.91 Å². The van der Waals surface area contributed by atoms with Crippen molar-refractivity contribution >= 4 is 11.7 Å². The summed E-state index contributed by atoms with van der Waals surface area (Å²) in [5.41, 5.74) is 2.15. The summed E-state index contributed by atoms with van der Waals surface area (Å²) in [6, 6.07) is 0. The van der Waals surface area contributed by atoms with Crippen LogP contribution in [0.15, 0.2) is 10.7 Å². The number of hydrogen-bond acceptors (Lipinski definition) is 4. The zero-order valence-electron chi connectivity index (χ0n) is 10.7. The van der Waals surface area contributed by atoms with Crippen LogP contribution in [0.2, 0.25) is 0 Å². The highest BCUT2D eigenvalue weighted by Gasteiger charge is 2.20. The topological polar surface area (TPSA) is 83.8 Å². The third kappa shape index (κ3) is 2.13. The number of amides is 1. The van der Waals surface area contributed by atoms with Gasteiger partial charge in [-0.1, -0.05) is 19.0 Å². The number of aromatic amines is 1. The Kier molecular flexibility index (Phi) is 3.45. The molecule has 0 spiro atoms. The Bertz CT molecular complexity index is 556. The molecule has 0 unspecified atom stereocenters. The molecular weight excluding hydrogens is 232 g/mol. The van der Waals surface area contributed by atoms with E-state index in [1.165, 1.54) is 0 Å². The Labute approximate surface area is 105 Å². The normalized spacial score (nSPS) is 10.6. The van der Waals surface area contributed by atoms with Crippen LogP contribution in [0.25, 0.3) is 0 Å². The van der Waals surface area contributed by atoms with Crippen molar-refractivity contribution in [3.8, 4) is 0 Å². The smallest absolute Gasteiger partial charge is 0.262 e. The Hall–Kier alpha value is -2.11. The van der Waals surface area contributed by atoms with Gasteiger partial charge >= 0.3 is 0 Å². The van der Waals surface area contributed by atoms with Crippen LogP contribution in [0.3, 0.4) is 0 Å². The molecule has 2 N–H and O–H groups in total. The van der Waals surface area contributed by atoms with Crippen molar-refractivity contribution in [2.75, 3.05) is 5.32 Å². The van der Waals surface area contributed by atoms with Crippen molar-refractivity contribution < 1.29 is 9.32 Å². The number of anilines is 1. The van der Waals surface area contributed by atoms with Crippen LogP contribution < -0.4 is 5.32 Å². The van der Waals surface area contributed by atoms with E-state index in [1.54, 1.807) is 13.1 Å². The van der Waals surface area contributed by atoms with Gasteiger partial charge < -0.3 is 9.84 Å². The molecule has 18 heavy (non-hydrogen) atoms. The lowest BCUT2D eigenvalue weighted by Gasteiger charge is -2.04. The number of carbonyl (C=O) groups is 1. The second kappa shape index (κ2) is 5.03. The highest BCUT2D eigenvalue weighted by Crippen LogP contribution is 2.17. The predicted molar refractivity (Wildman–Crippen MR) is 66.5 cm³/mol. The van der Waals surface area contributed by atoms with Gasteiger partial charge in [0.2, 0.25) is 0 Å². The quantitative estimate of drug-likeness (QED) is 0.867. The third-order valence-electron chi connectivity index (χ3n) is 2.83. The van der Waals surface area contributed by atoms with Crippen molar-refractivity contribution in [2.24, 2.45) is 0 Å². The molecule has 0 bridgehead atoms. The van der Waals surface area contributed by atoms with Crippen LogP contribution in [-0.4, -0.2) is 21.3 Å². The minimum atomic E-state index is -0.218. The van der Waals surface area contributed by atoms with E-state index in [1.807, 2.05) is 13.8 Å². The first-order valence-electron chi connectivity index (χ1n) is 5.96. The first kappa shape index (κ1) is 12.3. The maximum Gasteiger partial charge on any atom is 0.262 e. The van der Waals surface area contributed by atoms with Gasteiger partial charge in [-0.15, -0.1) is 0 Å². The van der Waals surface area contributed by atoms with Gasteiger partial charge in [0.05, 0.1) is 11.9 Å². The summed E-state index contributed by atoms with van der Waals surface area (Å²) in [5, 5.41) is 13.4. The second-order valence-electron chi connectivity index (χ2n) is 3.99. The fraction of sp³-hybridized carbons (Fsp3) is 0.417. The molecule has 0 aliphatic rings. The molecule has 0 aliphatic heterocycles. The van der Waals surface area contributed by atoms with Gasteiger partial charge in [0.1, 0.15) is 17.1 Å². The van der Waals surface area contributed by atoms with Crippen LogP contribution in [0.5, 0.6) is 0 Å². The van der Waals surface area contributed by atoms with Crippen molar-refractivity contribution in [1.29, 1.82) is 0 Å². The summed E-state index contributed by atoms with van der Waals surface area (Å²) in [5.74, 6) is 0.941. The standard InChI is InChI=1S/C12H16N4O2/c1-4-8-6-13-15-11(8)14-12(17)10-7(3)18-16-9(10)5-2/h6H,4-5H2,1-3H3,(H2,13,14,15,17). The van der Waals surface area contributed by atoms with Crippen LogP contribution in [-0.2, 0) is 12.8 Å². The Balaban J connectivity index is 2.24. The SMILES string of the molecule is CCc1cn[nH]c1NC(=O)c1c(CC)noc1C. The lowest BCUT2D eigenvalue weighted by atomic mass is 10.1. The molecule has 0 saturated heterocycles. The van der Waals surface area contributed by atoms with Gasteiger partial charge in [-0.2, -0.15) is 5.10 Å². The van der Waals surface area contributed by atoms with Crippen molar-refractivity contribution in [3.63, 3.8) is 0 Å². The number of aryl methyl sites for hydroxylation is 3. The molecule has 0 aromatic carbocycles. The zero-order chi connectivity index (χ0) is 13.1. The Morgan fingerprint density at radius 2 is 2.22 bits per heavy atom. The minimum Gasteiger partial charge on any atom is -0.361 e. The number of hydrogen-bond donors (Lipinski definition) is 2. The molecule has 0 radical (unpaired) electrons. The molecule has 2 heterocycles. The number of H-pyrrole nitrogens is 1. The maximum atomic E-state index is 12.2. The largest absolute Gasteiger partial charge is 0.361 e. The van der Waals surface area contributed by atoms with Gasteiger partial charge in [-0.25, -0.2) is 0 Å². The highest BCUT2D eigenvalue weighted by molar-refractivity contribution is 6.05. The number of nitrogens with zero attached hydrogens (tertiary/aromatic N) is 2. The van der Waals surface area contributed by atoms with E-state index >= 15 is 0 Å². The van der Waals surface area contributed by atoms with Crippen LogP contribution in [0, 0.1) is 6.92 Å². The minimum absolute atomic E-state index is 0.218.